The Bertz CT molecular complexity index is 150. The van der Waals surface area contributed by atoms with Crippen molar-refractivity contribution in [1.29, 1.82) is 0 Å². The van der Waals surface area contributed by atoms with Crippen molar-refractivity contribution in [2.24, 2.45) is 0 Å². The summed E-state index contributed by atoms with van der Waals surface area (Å²) in [6.45, 7) is 4.08. The highest BCUT2D eigenvalue weighted by atomic mass is 16.2. The van der Waals surface area contributed by atoms with Crippen molar-refractivity contribution in [1.82, 2.24) is 4.90 Å². The highest BCUT2D eigenvalue weighted by Crippen LogP contribution is 2.27. The summed E-state index contributed by atoms with van der Waals surface area (Å²) in [6, 6.07) is 0.885. The average molecular weight is 156 g/mol. The van der Waals surface area contributed by atoms with Crippen LogP contribution in [-0.2, 0) is 0 Å². The molecule has 1 rings (SSSR count). The fraction of sp³-hybridized carbons (Fsp3) is 0.750. The fourth-order valence-electron chi connectivity index (χ4n) is 1.31. The van der Waals surface area contributed by atoms with E-state index in [0.29, 0.717) is 12.1 Å². The predicted octanol–water partition coefficient (Wildman–Crippen LogP) is 0.334. The van der Waals surface area contributed by atoms with Gasteiger partial charge < -0.3 is 5.32 Å². The molecule has 0 saturated heterocycles. The van der Waals surface area contributed by atoms with Gasteiger partial charge in [0.25, 0.3) is 0 Å². The summed E-state index contributed by atoms with van der Waals surface area (Å²) < 4.78 is 0. The summed E-state index contributed by atoms with van der Waals surface area (Å²) >= 11 is 0. The molecule has 0 aromatic rings. The second kappa shape index (κ2) is 3.22. The number of amides is 2. The molecule has 1 aliphatic rings. The molecule has 2 N–H and O–H groups in total. The van der Waals surface area contributed by atoms with Gasteiger partial charge >= 0.3 is 6.03 Å². The van der Waals surface area contributed by atoms with Crippen LogP contribution < -0.4 is 5.32 Å². The number of nitrogens with zero attached hydrogens (tertiary/aromatic N) is 1. The van der Waals surface area contributed by atoms with Crippen molar-refractivity contribution in [3.8, 4) is 0 Å². The number of urea groups is 1. The first-order valence-electron chi connectivity index (χ1n) is 4.11. The second-order valence-electron chi connectivity index (χ2n) is 3.27. The van der Waals surface area contributed by atoms with Crippen LogP contribution >= 0.6 is 0 Å². The lowest BCUT2D eigenvalue weighted by Gasteiger charge is -2.24. The number of quaternary nitrogens is 1. The number of primary amides is 1. The van der Waals surface area contributed by atoms with Gasteiger partial charge in [0, 0.05) is 12.1 Å². The Morgan fingerprint density at radius 1 is 1.64 bits per heavy atom. The van der Waals surface area contributed by atoms with Gasteiger partial charge in [-0.2, -0.15) is 0 Å². The molecule has 0 aromatic heterocycles. The zero-order valence-electron chi connectivity index (χ0n) is 7.21. The SMILES string of the molecule is [CH2-][NH2+]C(=O)N(C(C)C)C1CC1. The van der Waals surface area contributed by atoms with Crippen LogP contribution in [0.5, 0.6) is 0 Å². The molecule has 3 heteroatoms. The first-order chi connectivity index (χ1) is 5.16. The number of hydrogen-bond acceptors (Lipinski definition) is 1. The van der Waals surface area contributed by atoms with Crippen LogP contribution in [0, 0.1) is 7.05 Å². The van der Waals surface area contributed by atoms with E-state index in [1.165, 1.54) is 5.32 Å². The molecular weight excluding hydrogens is 140 g/mol. The molecule has 0 aliphatic heterocycles. The average Bonchev–Trinajstić information content (AvgIpc) is 2.71. The van der Waals surface area contributed by atoms with Crippen LogP contribution in [0.25, 0.3) is 0 Å². The van der Waals surface area contributed by atoms with E-state index in [-0.39, 0.29) is 6.03 Å². The van der Waals surface area contributed by atoms with E-state index in [4.69, 9.17) is 0 Å². The number of rotatable bonds is 2. The molecule has 2 amide bonds. The van der Waals surface area contributed by atoms with Crippen LogP contribution in [0.3, 0.4) is 0 Å². The van der Waals surface area contributed by atoms with E-state index in [9.17, 15) is 4.79 Å². The van der Waals surface area contributed by atoms with Crippen molar-refractivity contribution >= 4 is 6.03 Å². The van der Waals surface area contributed by atoms with E-state index >= 15 is 0 Å². The second-order valence-corrected chi connectivity index (χ2v) is 3.27. The molecule has 1 saturated carbocycles. The van der Waals surface area contributed by atoms with Gasteiger partial charge in [-0.15, -0.1) is 7.05 Å². The molecule has 11 heavy (non-hydrogen) atoms. The van der Waals surface area contributed by atoms with E-state index < -0.39 is 0 Å². The minimum Gasteiger partial charge on any atom is -0.395 e. The fourth-order valence-corrected chi connectivity index (χ4v) is 1.31. The van der Waals surface area contributed by atoms with E-state index in [0.717, 1.165) is 12.8 Å². The molecule has 3 nitrogen and oxygen atoms in total. The monoisotopic (exact) mass is 156 g/mol. The van der Waals surface area contributed by atoms with Gasteiger partial charge in [0.1, 0.15) is 0 Å². The van der Waals surface area contributed by atoms with Gasteiger partial charge in [-0.25, -0.2) is 4.79 Å². The van der Waals surface area contributed by atoms with Gasteiger partial charge in [0.05, 0.1) is 0 Å². The molecule has 64 valence electrons. The first-order valence-corrected chi connectivity index (χ1v) is 4.11. The summed E-state index contributed by atoms with van der Waals surface area (Å²) in [4.78, 5) is 13.2. The van der Waals surface area contributed by atoms with Crippen LogP contribution in [0.4, 0.5) is 4.79 Å². The summed E-state index contributed by atoms with van der Waals surface area (Å²) in [5.41, 5.74) is 0. The van der Waals surface area contributed by atoms with E-state index in [2.05, 4.69) is 7.05 Å². The Hall–Kier alpha value is -0.570. The van der Waals surface area contributed by atoms with Crippen molar-refractivity contribution in [2.45, 2.75) is 38.8 Å². The largest absolute Gasteiger partial charge is 0.395 e. The van der Waals surface area contributed by atoms with Crippen molar-refractivity contribution in [2.75, 3.05) is 0 Å². The molecule has 0 spiro atoms. The van der Waals surface area contributed by atoms with Gasteiger partial charge in [-0.1, -0.05) is 0 Å². The maximum atomic E-state index is 11.2. The third-order valence-corrected chi connectivity index (χ3v) is 1.93. The summed E-state index contributed by atoms with van der Waals surface area (Å²) in [6.07, 6.45) is 2.33. The number of carbonyl (C=O) groups excluding carboxylic acids is 1. The molecule has 1 aliphatic carbocycles. The zero-order valence-corrected chi connectivity index (χ0v) is 7.21. The summed E-state index contributed by atoms with van der Waals surface area (Å²) in [5.74, 6) is 0. The maximum absolute atomic E-state index is 11.2. The number of hydrogen-bond donors (Lipinski definition) is 1. The molecule has 0 unspecified atom stereocenters. The lowest BCUT2D eigenvalue weighted by Crippen LogP contribution is -2.85. The summed E-state index contributed by atoms with van der Waals surface area (Å²) in [5, 5.41) is 1.40. The quantitative estimate of drug-likeness (QED) is 0.575. The molecule has 0 heterocycles. The van der Waals surface area contributed by atoms with Crippen molar-refractivity contribution in [3.05, 3.63) is 7.05 Å². The van der Waals surface area contributed by atoms with Crippen molar-refractivity contribution in [3.63, 3.8) is 0 Å². The maximum Gasteiger partial charge on any atom is 0.390 e. The summed E-state index contributed by atoms with van der Waals surface area (Å²) in [7, 11) is 3.48. The molecular formula is C8H16N2O. The zero-order chi connectivity index (χ0) is 8.43. The molecule has 1 fully saturated rings. The first kappa shape index (κ1) is 8.53. The van der Waals surface area contributed by atoms with Crippen LogP contribution in [0.1, 0.15) is 26.7 Å². The molecule has 0 bridgehead atoms. The van der Waals surface area contributed by atoms with Gasteiger partial charge in [0.2, 0.25) is 0 Å². The number of nitrogens with two attached hydrogens (primary N) is 1. The Labute approximate surface area is 67.8 Å². The Balaban J connectivity index is 2.51. The topological polar surface area (TPSA) is 36.9 Å². The Morgan fingerprint density at radius 2 is 2.18 bits per heavy atom. The predicted molar refractivity (Wildman–Crippen MR) is 42.7 cm³/mol. The standard InChI is InChI=1S/C8H16N2O/c1-6(2)10(7-4-5-7)8(11)9-3/h6-7H,3-5,9H2,1-2H3. The minimum absolute atomic E-state index is 0.0718. The lowest BCUT2D eigenvalue weighted by molar-refractivity contribution is -0.499. The molecule has 0 atom stereocenters. The van der Waals surface area contributed by atoms with Gasteiger partial charge in [-0.3, -0.25) is 4.90 Å². The van der Waals surface area contributed by atoms with E-state index in [1.54, 1.807) is 0 Å². The minimum atomic E-state index is 0.0718. The van der Waals surface area contributed by atoms with E-state index in [1.807, 2.05) is 18.7 Å². The lowest BCUT2D eigenvalue weighted by atomic mass is 10.3. The molecule has 0 aromatic carbocycles. The third kappa shape index (κ3) is 1.93. The highest BCUT2D eigenvalue weighted by molar-refractivity contribution is 5.65. The normalized spacial score (nSPS) is 17.1. The highest BCUT2D eigenvalue weighted by Gasteiger charge is 2.34. The van der Waals surface area contributed by atoms with Crippen LogP contribution in [0.2, 0.25) is 0 Å². The third-order valence-electron chi connectivity index (χ3n) is 1.93. The molecule has 0 radical (unpaired) electrons. The Morgan fingerprint density at radius 3 is 2.45 bits per heavy atom. The van der Waals surface area contributed by atoms with Crippen molar-refractivity contribution < 1.29 is 10.1 Å². The number of carbonyl (C=O) groups is 1. The van der Waals surface area contributed by atoms with Gasteiger partial charge in [0.15, 0.2) is 0 Å². The smallest absolute Gasteiger partial charge is 0.390 e. The van der Waals surface area contributed by atoms with Crippen LogP contribution in [0.15, 0.2) is 0 Å². The van der Waals surface area contributed by atoms with Gasteiger partial charge in [-0.05, 0) is 26.7 Å². The Kier molecular flexibility index (Phi) is 2.49. The van der Waals surface area contributed by atoms with Crippen LogP contribution in [-0.4, -0.2) is 23.0 Å².